The van der Waals surface area contributed by atoms with Gasteiger partial charge in [0.05, 0.1) is 23.3 Å². The zero-order valence-corrected chi connectivity index (χ0v) is 10.9. The monoisotopic (exact) mass is 279 g/mol. The molecule has 2 rings (SSSR count). The molecule has 16 heavy (non-hydrogen) atoms. The number of hydrogen-bond donors (Lipinski definition) is 1. The highest BCUT2D eigenvalue weighted by atomic mass is 79.9. The predicted molar refractivity (Wildman–Crippen MR) is 69.8 cm³/mol. The van der Waals surface area contributed by atoms with Gasteiger partial charge in [-0.2, -0.15) is 5.10 Å². The van der Waals surface area contributed by atoms with Gasteiger partial charge in [0.1, 0.15) is 0 Å². The third-order valence-corrected chi connectivity index (χ3v) is 2.94. The molecule has 0 atom stereocenters. The van der Waals surface area contributed by atoms with Crippen LogP contribution in [0, 0.1) is 0 Å². The Morgan fingerprint density at radius 1 is 1.25 bits per heavy atom. The Kier molecular flexibility index (Phi) is 3.01. The molecule has 1 aromatic heterocycles. The van der Waals surface area contributed by atoms with Crippen LogP contribution in [-0.2, 0) is 0 Å². The maximum atomic E-state index is 5.92. The minimum Gasteiger partial charge on any atom is -0.396 e. The number of nitrogen functional groups attached to an aromatic ring is 1. The summed E-state index contributed by atoms with van der Waals surface area (Å²) in [5.41, 5.74) is 8.63. The molecular weight excluding hydrogens is 266 g/mol. The van der Waals surface area contributed by atoms with Crippen LogP contribution in [0.1, 0.15) is 25.5 Å². The molecule has 0 radical (unpaired) electrons. The van der Waals surface area contributed by atoms with Crippen LogP contribution in [-0.4, -0.2) is 9.78 Å². The fourth-order valence-corrected chi connectivity index (χ4v) is 1.84. The van der Waals surface area contributed by atoms with E-state index in [1.165, 1.54) is 0 Å². The second kappa shape index (κ2) is 4.29. The fraction of sp³-hybridized carbons (Fsp3) is 0.250. The molecule has 0 aliphatic rings. The summed E-state index contributed by atoms with van der Waals surface area (Å²) in [6.45, 7) is 4.18. The van der Waals surface area contributed by atoms with E-state index < -0.39 is 0 Å². The van der Waals surface area contributed by atoms with E-state index in [-0.39, 0.29) is 0 Å². The molecular formula is C12H14BrN3. The topological polar surface area (TPSA) is 43.8 Å². The van der Waals surface area contributed by atoms with Gasteiger partial charge in [-0.05, 0) is 30.2 Å². The summed E-state index contributed by atoms with van der Waals surface area (Å²) in [6, 6.07) is 7.98. The van der Waals surface area contributed by atoms with Crippen LogP contribution < -0.4 is 5.73 Å². The minimum absolute atomic E-state index is 0.344. The van der Waals surface area contributed by atoms with Crippen molar-refractivity contribution in [3.8, 4) is 5.69 Å². The Morgan fingerprint density at radius 2 is 1.88 bits per heavy atom. The van der Waals surface area contributed by atoms with Gasteiger partial charge >= 0.3 is 0 Å². The molecule has 0 bridgehead atoms. The Balaban J connectivity index is 2.41. The second-order valence-electron chi connectivity index (χ2n) is 4.05. The molecule has 1 aromatic carbocycles. The summed E-state index contributed by atoms with van der Waals surface area (Å²) in [5, 5.41) is 4.49. The lowest BCUT2D eigenvalue weighted by Crippen LogP contribution is -1.97. The number of hydrogen-bond acceptors (Lipinski definition) is 2. The number of nitrogens with two attached hydrogens (primary N) is 1. The summed E-state index contributed by atoms with van der Waals surface area (Å²) >= 11 is 3.41. The predicted octanol–water partition coefficient (Wildman–Crippen LogP) is 3.34. The number of anilines is 1. The molecule has 1 heterocycles. The standard InChI is InChI=1S/C12H14BrN3/c1-8(2)12-11(14)7-16(15-12)10-5-3-9(13)4-6-10/h3-8H,14H2,1-2H3. The van der Waals surface area contributed by atoms with Gasteiger partial charge in [0.25, 0.3) is 0 Å². The number of rotatable bonds is 2. The highest BCUT2D eigenvalue weighted by molar-refractivity contribution is 9.10. The maximum absolute atomic E-state index is 5.92. The smallest absolute Gasteiger partial charge is 0.0883 e. The fourth-order valence-electron chi connectivity index (χ4n) is 1.58. The SMILES string of the molecule is CC(C)c1nn(-c2ccc(Br)cc2)cc1N. The first-order chi connectivity index (χ1) is 7.58. The van der Waals surface area contributed by atoms with E-state index in [0.717, 1.165) is 21.5 Å². The van der Waals surface area contributed by atoms with Crippen LogP contribution in [0.4, 0.5) is 5.69 Å². The molecule has 2 aromatic rings. The molecule has 0 amide bonds. The van der Waals surface area contributed by atoms with Crippen LogP contribution in [0.2, 0.25) is 0 Å². The van der Waals surface area contributed by atoms with Gasteiger partial charge in [0, 0.05) is 4.47 Å². The third kappa shape index (κ3) is 2.11. The lowest BCUT2D eigenvalue weighted by molar-refractivity contribution is 0.769. The summed E-state index contributed by atoms with van der Waals surface area (Å²) in [5.74, 6) is 0.344. The molecule has 0 saturated carbocycles. The lowest BCUT2D eigenvalue weighted by Gasteiger charge is -2.02. The third-order valence-electron chi connectivity index (χ3n) is 2.41. The van der Waals surface area contributed by atoms with Gasteiger partial charge in [-0.1, -0.05) is 29.8 Å². The molecule has 0 unspecified atom stereocenters. The summed E-state index contributed by atoms with van der Waals surface area (Å²) in [6.07, 6.45) is 1.86. The van der Waals surface area contributed by atoms with Crippen LogP contribution in [0.15, 0.2) is 34.9 Å². The first kappa shape index (κ1) is 11.2. The number of benzene rings is 1. The highest BCUT2D eigenvalue weighted by Crippen LogP contribution is 2.22. The maximum Gasteiger partial charge on any atom is 0.0883 e. The summed E-state index contributed by atoms with van der Waals surface area (Å²) in [7, 11) is 0. The zero-order valence-electron chi connectivity index (χ0n) is 9.31. The lowest BCUT2D eigenvalue weighted by atomic mass is 10.1. The van der Waals surface area contributed by atoms with E-state index in [9.17, 15) is 0 Å². The summed E-state index contributed by atoms with van der Waals surface area (Å²) < 4.78 is 2.87. The van der Waals surface area contributed by atoms with Crippen molar-refractivity contribution in [2.24, 2.45) is 0 Å². The average Bonchev–Trinajstić information content (AvgIpc) is 2.61. The van der Waals surface area contributed by atoms with Gasteiger partial charge in [0.15, 0.2) is 0 Å². The molecule has 0 aliphatic carbocycles. The summed E-state index contributed by atoms with van der Waals surface area (Å²) in [4.78, 5) is 0. The van der Waals surface area contributed by atoms with Crippen molar-refractivity contribution >= 4 is 21.6 Å². The van der Waals surface area contributed by atoms with Crippen molar-refractivity contribution in [3.63, 3.8) is 0 Å². The number of aromatic nitrogens is 2. The molecule has 4 heteroatoms. The molecule has 2 N–H and O–H groups in total. The average molecular weight is 280 g/mol. The molecule has 0 spiro atoms. The molecule has 84 valence electrons. The number of nitrogens with zero attached hydrogens (tertiary/aromatic N) is 2. The van der Waals surface area contributed by atoms with Gasteiger partial charge in [-0.25, -0.2) is 4.68 Å². The van der Waals surface area contributed by atoms with E-state index in [1.807, 2.05) is 35.1 Å². The van der Waals surface area contributed by atoms with E-state index in [2.05, 4.69) is 34.9 Å². The van der Waals surface area contributed by atoms with Crippen molar-refractivity contribution in [2.45, 2.75) is 19.8 Å². The Morgan fingerprint density at radius 3 is 2.38 bits per heavy atom. The van der Waals surface area contributed by atoms with E-state index in [1.54, 1.807) is 0 Å². The first-order valence-electron chi connectivity index (χ1n) is 5.19. The Bertz CT molecular complexity index is 485. The van der Waals surface area contributed by atoms with Crippen molar-refractivity contribution in [1.82, 2.24) is 9.78 Å². The van der Waals surface area contributed by atoms with Gasteiger partial charge in [0.2, 0.25) is 0 Å². The van der Waals surface area contributed by atoms with Gasteiger partial charge in [-0.3, -0.25) is 0 Å². The minimum atomic E-state index is 0.344. The number of halogens is 1. The normalized spacial score (nSPS) is 11.0. The molecule has 3 nitrogen and oxygen atoms in total. The van der Waals surface area contributed by atoms with E-state index in [0.29, 0.717) is 5.92 Å². The van der Waals surface area contributed by atoms with Crippen molar-refractivity contribution in [1.29, 1.82) is 0 Å². The van der Waals surface area contributed by atoms with Crippen LogP contribution in [0.5, 0.6) is 0 Å². The van der Waals surface area contributed by atoms with Crippen molar-refractivity contribution in [2.75, 3.05) is 5.73 Å². The second-order valence-corrected chi connectivity index (χ2v) is 4.96. The Labute approximate surface area is 103 Å². The van der Waals surface area contributed by atoms with Crippen LogP contribution in [0.3, 0.4) is 0 Å². The van der Waals surface area contributed by atoms with Crippen LogP contribution >= 0.6 is 15.9 Å². The van der Waals surface area contributed by atoms with Gasteiger partial charge < -0.3 is 5.73 Å². The first-order valence-corrected chi connectivity index (χ1v) is 5.98. The zero-order chi connectivity index (χ0) is 11.7. The van der Waals surface area contributed by atoms with E-state index in [4.69, 9.17) is 5.73 Å². The van der Waals surface area contributed by atoms with Crippen LogP contribution in [0.25, 0.3) is 5.69 Å². The quantitative estimate of drug-likeness (QED) is 0.916. The van der Waals surface area contributed by atoms with Crippen molar-refractivity contribution < 1.29 is 0 Å². The highest BCUT2D eigenvalue weighted by Gasteiger charge is 2.10. The van der Waals surface area contributed by atoms with E-state index >= 15 is 0 Å². The Hall–Kier alpha value is -1.29. The molecule has 0 fully saturated rings. The molecule has 0 saturated heterocycles. The van der Waals surface area contributed by atoms with Gasteiger partial charge in [-0.15, -0.1) is 0 Å². The van der Waals surface area contributed by atoms with Crippen molar-refractivity contribution in [3.05, 3.63) is 40.6 Å². The largest absolute Gasteiger partial charge is 0.396 e. The molecule has 0 aliphatic heterocycles.